The Morgan fingerprint density at radius 2 is 2.26 bits per heavy atom. The molecule has 0 atom stereocenters. The molecule has 1 aromatic carbocycles. The predicted molar refractivity (Wildman–Crippen MR) is 77.7 cm³/mol. The summed E-state index contributed by atoms with van der Waals surface area (Å²) in [6.07, 6.45) is 1.68. The second-order valence-corrected chi connectivity index (χ2v) is 5.02. The lowest BCUT2D eigenvalue weighted by Crippen LogP contribution is -2.16. The van der Waals surface area contributed by atoms with Gasteiger partial charge in [0.25, 0.3) is 5.91 Å². The SMILES string of the molecule is CCn1c(C(=O)Nc2nccs2)cc2ccccc21. The number of fused-ring (bicyclic) bond motifs is 1. The molecule has 1 amide bonds. The number of nitrogens with zero attached hydrogens (tertiary/aromatic N) is 2. The van der Waals surface area contributed by atoms with Gasteiger partial charge in [0.05, 0.1) is 0 Å². The maximum absolute atomic E-state index is 12.3. The van der Waals surface area contributed by atoms with E-state index >= 15 is 0 Å². The maximum atomic E-state index is 12.3. The van der Waals surface area contributed by atoms with E-state index in [9.17, 15) is 4.79 Å². The van der Waals surface area contributed by atoms with E-state index in [4.69, 9.17) is 0 Å². The van der Waals surface area contributed by atoms with Crippen molar-refractivity contribution < 1.29 is 4.79 Å². The van der Waals surface area contributed by atoms with Crippen molar-refractivity contribution >= 4 is 33.3 Å². The number of aromatic nitrogens is 2. The summed E-state index contributed by atoms with van der Waals surface area (Å²) in [6.45, 7) is 2.79. The third-order valence-electron chi connectivity index (χ3n) is 3.01. The van der Waals surface area contributed by atoms with Crippen molar-refractivity contribution in [2.75, 3.05) is 5.32 Å². The lowest BCUT2D eigenvalue weighted by Gasteiger charge is -2.07. The molecule has 0 aliphatic carbocycles. The number of aryl methyl sites for hydroxylation is 1. The standard InChI is InChI=1S/C14H13N3OS/c1-2-17-11-6-4-3-5-10(11)9-12(17)13(18)16-14-15-7-8-19-14/h3-9H,2H2,1H3,(H,15,16,18). The number of amides is 1. The second kappa shape index (κ2) is 4.85. The molecule has 0 fully saturated rings. The molecule has 0 unspecified atom stereocenters. The van der Waals surface area contributed by atoms with Gasteiger partial charge in [-0.3, -0.25) is 10.1 Å². The third-order valence-corrected chi connectivity index (χ3v) is 3.70. The summed E-state index contributed by atoms with van der Waals surface area (Å²) in [4.78, 5) is 16.4. The van der Waals surface area contributed by atoms with Crippen LogP contribution in [0.25, 0.3) is 10.9 Å². The Balaban J connectivity index is 2.02. The summed E-state index contributed by atoms with van der Waals surface area (Å²) in [6, 6.07) is 9.92. The molecule has 3 rings (SSSR count). The average Bonchev–Trinajstić information content (AvgIpc) is 3.04. The molecule has 5 heteroatoms. The number of hydrogen-bond acceptors (Lipinski definition) is 3. The largest absolute Gasteiger partial charge is 0.337 e. The molecule has 0 saturated carbocycles. The van der Waals surface area contributed by atoms with Gasteiger partial charge < -0.3 is 4.57 Å². The van der Waals surface area contributed by atoms with Crippen LogP contribution in [0.5, 0.6) is 0 Å². The molecule has 0 radical (unpaired) electrons. The fraction of sp³-hybridized carbons (Fsp3) is 0.143. The first-order valence-electron chi connectivity index (χ1n) is 6.08. The lowest BCUT2D eigenvalue weighted by molar-refractivity contribution is 0.101. The summed E-state index contributed by atoms with van der Waals surface area (Å²) < 4.78 is 2.01. The number of carbonyl (C=O) groups is 1. The van der Waals surface area contributed by atoms with E-state index in [1.807, 2.05) is 47.2 Å². The summed E-state index contributed by atoms with van der Waals surface area (Å²) in [5, 5.41) is 6.36. The van der Waals surface area contributed by atoms with Crippen LogP contribution in [0.2, 0.25) is 0 Å². The molecular weight excluding hydrogens is 258 g/mol. The molecule has 4 nitrogen and oxygen atoms in total. The molecule has 0 aliphatic heterocycles. The Labute approximate surface area is 114 Å². The van der Waals surface area contributed by atoms with E-state index < -0.39 is 0 Å². The number of benzene rings is 1. The summed E-state index contributed by atoms with van der Waals surface area (Å²) in [7, 11) is 0. The zero-order valence-corrected chi connectivity index (χ0v) is 11.3. The van der Waals surface area contributed by atoms with Crippen LogP contribution in [-0.4, -0.2) is 15.5 Å². The van der Waals surface area contributed by atoms with Crippen LogP contribution in [-0.2, 0) is 6.54 Å². The Hall–Kier alpha value is -2.14. The number of para-hydroxylation sites is 1. The van der Waals surface area contributed by atoms with E-state index in [0.29, 0.717) is 10.8 Å². The third kappa shape index (κ3) is 2.13. The first kappa shape index (κ1) is 11.9. The number of nitrogens with one attached hydrogen (secondary N) is 1. The van der Waals surface area contributed by atoms with Crippen molar-refractivity contribution in [2.24, 2.45) is 0 Å². The van der Waals surface area contributed by atoms with Crippen LogP contribution in [0.4, 0.5) is 5.13 Å². The van der Waals surface area contributed by atoms with Crippen LogP contribution < -0.4 is 5.32 Å². The normalized spacial score (nSPS) is 10.8. The van der Waals surface area contributed by atoms with Gasteiger partial charge in [0, 0.05) is 29.0 Å². The smallest absolute Gasteiger partial charge is 0.274 e. The average molecular weight is 271 g/mol. The van der Waals surface area contributed by atoms with Gasteiger partial charge in [0.1, 0.15) is 5.69 Å². The van der Waals surface area contributed by atoms with E-state index in [2.05, 4.69) is 10.3 Å². The fourth-order valence-electron chi connectivity index (χ4n) is 2.19. The van der Waals surface area contributed by atoms with Crippen LogP contribution >= 0.6 is 11.3 Å². The van der Waals surface area contributed by atoms with E-state index in [1.165, 1.54) is 11.3 Å². The van der Waals surface area contributed by atoms with Gasteiger partial charge in [-0.25, -0.2) is 4.98 Å². The Morgan fingerprint density at radius 1 is 1.42 bits per heavy atom. The van der Waals surface area contributed by atoms with Crippen molar-refractivity contribution in [3.05, 3.63) is 47.6 Å². The van der Waals surface area contributed by atoms with Gasteiger partial charge in [0.15, 0.2) is 5.13 Å². The van der Waals surface area contributed by atoms with Gasteiger partial charge in [-0.15, -0.1) is 11.3 Å². The first-order chi connectivity index (χ1) is 9.29. The molecule has 2 aromatic heterocycles. The number of carbonyl (C=O) groups excluding carboxylic acids is 1. The molecule has 0 saturated heterocycles. The molecule has 0 bridgehead atoms. The second-order valence-electron chi connectivity index (χ2n) is 4.12. The van der Waals surface area contributed by atoms with Crippen molar-refractivity contribution in [3.8, 4) is 0 Å². The molecule has 0 aliphatic rings. The molecule has 1 N–H and O–H groups in total. The van der Waals surface area contributed by atoms with Crippen molar-refractivity contribution in [2.45, 2.75) is 13.5 Å². The monoisotopic (exact) mass is 271 g/mol. The van der Waals surface area contributed by atoms with E-state index in [0.717, 1.165) is 17.4 Å². The van der Waals surface area contributed by atoms with Gasteiger partial charge in [-0.2, -0.15) is 0 Å². The minimum atomic E-state index is -0.118. The van der Waals surface area contributed by atoms with Crippen LogP contribution in [0, 0.1) is 0 Å². The van der Waals surface area contributed by atoms with Crippen molar-refractivity contribution in [1.82, 2.24) is 9.55 Å². The van der Waals surface area contributed by atoms with E-state index in [1.54, 1.807) is 6.20 Å². The summed E-state index contributed by atoms with van der Waals surface area (Å²) >= 11 is 1.41. The van der Waals surface area contributed by atoms with Crippen LogP contribution in [0.3, 0.4) is 0 Å². The molecule has 19 heavy (non-hydrogen) atoms. The number of hydrogen-bond donors (Lipinski definition) is 1. The molecule has 3 aromatic rings. The van der Waals surface area contributed by atoms with Crippen LogP contribution in [0.15, 0.2) is 41.9 Å². The highest BCUT2D eigenvalue weighted by molar-refractivity contribution is 7.13. The lowest BCUT2D eigenvalue weighted by atomic mass is 10.2. The fourth-order valence-corrected chi connectivity index (χ4v) is 2.71. The Morgan fingerprint density at radius 3 is 3.00 bits per heavy atom. The van der Waals surface area contributed by atoms with Crippen LogP contribution in [0.1, 0.15) is 17.4 Å². The minimum absolute atomic E-state index is 0.118. The zero-order valence-electron chi connectivity index (χ0n) is 10.5. The zero-order chi connectivity index (χ0) is 13.2. The Kier molecular flexibility index (Phi) is 3.05. The molecular formula is C14H13N3OS. The van der Waals surface area contributed by atoms with Crippen molar-refractivity contribution in [1.29, 1.82) is 0 Å². The highest BCUT2D eigenvalue weighted by Crippen LogP contribution is 2.21. The highest BCUT2D eigenvalue weighted by Gasteiger charge is 2.15. The quantitative estimate of drug-likeness (QED) is 0.794. The minimum Gasteiger partial charge on any atom is -0.337 e. The summed E-state index contributed by atoms with van der Waals surface area (Å²) in [5.41, 5.74) is 1.74. The van der Waals surface area contributed by atoms with E-state index in [-0.39, 0.29) is 5.91 Å². The number of thiazole rings is 1. The molecule has 0 spiro atoms. The topological polar surface area (TPSA) is 46.9 Å². The predicted octanol–water partition coefficient (Wildman–Crippen LogP) is 3.37. The number of rotatable bonds is 3. The maximum Gasteiger partial charge on any atom is 0.274 e. The van der Waals surface area contributed by atoms with Gasteiger partial charge >= 0.3 is 0 Å². The number of anilines is 1. The summed E-state index contributed by atoms with van der Waals surface area (Å²) in [5.74, 6) is -0.118. The molecule has 2 heterocycles. The van der Waals surface area contributed by atoms with Gasteiger partial charge in [-0.05, 0) is 19.1 Å². The first-order valence-corrected chi connectivity index (χ1v) is 6.96. The highest BCUT2D eigenvalue weighted by atomic mass is 32.1. The molecule has 96 valence electrons. The Bertz CT molecular complexity index is 715. The van der Waals surface area contributed by atoms with Gasteiger partial charge in [0.2, 0.25) is 0 Å². The van der Waals surface area contributed by atoms with Crippen molar-refractivity contribution in [3.63, 3.8) is 0 Å². The van der Waals surface area contributed by atoms with Gasteiger partial charge in [-0.1, -0.05) is 18.2 Å².